The molecule has 0 fully saturated rings. The molecule has 1 atom stereocenters. The van der Waals surface area contributed by atoms with E-state index in [4.69, 9.17) is 0 Å². The number of hydrogen-bond acceptors (Lipinski definition) is 4. The highest BCUT2D eigenvalue weighted by molar-refractivity contribution is 7.07. The molecule has 2 aromatic rings. The van der Waals surface area contributed by atoms with Crippen molar-refractivity contribution in [1.82, 2.24) is 15.1 Å². The summed E-state index contributed by atoms with van der Waals surface area (Å²) < 4.78 is 1.99. The summed E-state index contributed by atoms with van der Waals surface area (Å²) in [6.45, 7) is 6.24. The van der Waals surface area contributed by atoms with E-state index in [1.165, 1.54) is 0 Å². The van der Waals surface area contributed by atoms with Crippen LogP contribution in [0.5, 0.6) is 0 Å². The second kappa shape index (κ2) is 6.13. The van der Waals surface area contributed by atoms with Gasteiger partial charge in [0.05, 0.1) is 17.5 Å². The van der Waals surface area contributed by atoms with Gasteiger partial charge in [0.2, 0.25) is 0 Å². The second-order valence-electron chi connectivity index (χ2n) is 4.30. The standard InChI is InChI=1S/C13H19N3OS/c1-3-16-12(6-10(2)15-16)7-14-8-13(17)11-4-5-18-9-11/h4-6,9,13-14,17H,3,7-8H2,1-2H3. The van der Waals surface area contributed by atoms with Gasteiger partial charge >= 0.3 is 0 Å². The summed E-state index contributed by atoms with van der Waals surface area (Å²) in [5.41, 5.74) is 3.17. The van der Waals surface area contributed by atoms with E-state index in [9.17, 15) is 5.11 Å². The van der Waals surface area contributed by atoms with Crippen molar-refractivity contribution in [3.63, 3.8) is 0 Å². The third-order valence-electron chi connectivity index (χ3n) is 2.86. The summed E-state index contributed by atoms with van der Waals surface area (Å²) in [6.07, 6.45) is -0.435. The Morgan fingerprint density at radius 2 is 2.39 bits per heavy atom. The molecule has 2 N–H and O–H groups in total. The molecule has 0 aliphatic rings. The average molecular weight is 265 g/mol. The Bertz CT molecular complexity index is 478. The molecule has 0 saturated heterocycles. The molecule has 0 bridgehead atoms. The lowest BCUT2D eigenvalue weighted by atomic mass is 10.2. The van der Waals surface area contributed by atoms with Crippen molar-refractivity contribution in [3.05, 3.63) is 39.8 Å². The molecular formula is C13H19N3OS. The Hall–Kier alpha value is -1.17. The van der Waals surface area contributed by atoms with Crippen LogP contribution in [0, 0.1) is 6.92 Å². The first-order valence-corrected chi connectivity index (χ1v) is 7.09. The van der Waals surface area contributed by atoms with Crippen LogP contribution in [0.1, 0.15) is 30.0 Å². The van der Waals surface area contributed by atoms with E-state index in [0.29, 0.717) is 6.54 Å². The number of thiophene rings is 1. The molecule has 0 radical (unpaired) electrons. The number of aliphatic hydroxyl groups is 1. The van der Waals surface area contributed by atoms with Gasteiger partial charge in [0.15, 0.2) is 0 Å². The monoisotopic (exact) mass is 265 g/mol. The Kier molecular flexibility index (Phi) is 4.52. The van der Waals surface area contributed by atoms with E-state index >= 15 is 0 Å². The number of aromatic nitrogens is 2. The SMILES string of the molecule is CCn1nc(C)cc1CNCC(O)c1ccsc1. The van der Waals surface area contributed by atoms with Gasteiger partial charge in [-0.1, -0.05) is 0 Å². The summed E-state index contributed by atoms with van der Waals surface area (Å²) in [5.74, 6) is 0. The lowest BCUT2D eigenvalue weighted by molar-refractivity contribution is 0.174. The van der Waals surface area contributed by atoms with Gasteiger partial charge in [-0.2, -0.15) is 16.4 Å². The third-order valence-corrected chi connectivity index (χ3v) is 3.56. The van der Waals surface area contributed by atoms with Crippen molar-refractivity contribution in [2.24, 2.45) is 0 Å². The van der Waals surface area contributed by atoms with Crippen LogP contribution in [-0.4, -0.2) is 21.4 Å². The molecule has 4 nitrogen and oxygen atoms in total. The Balaban J connectivity index is 1.85. The topological polar surface area (TPSA) is 50.1 Å². The molecule has 98 valence electrons. The smallest absolute Gasteiger partial charge is 0.0922 e. The average Bonchev–Trinajstić information content (AvgIpc) is 2.98. The predicted molar refractivity (Wildman–Crippen MR) is 73.6 cm³/mol. The molecule has 0 amide bonds. The number of hydrogen-bond donors (Lipinski definition) is 2. The number of rotatable bonds is 6. The maximum absolute atomic E-state index is 9.94. The van der Waals surface area contributed by atoms with E-state index in [2.05, 4.69) is 23.4 Å². The van der Waals surface area contributed by atoms with E-state index in [0.717, 1.165) is 30.0 Å². The normalized spacial score (nSPS) is 12.8. The fourth-order valence-electron chi connectivity index (χ4n) is 1.93. The summed E-state index contributed by atoms with van der Waals surface area (Å²) in [4.78, 5) is 0. The third kappa shape index (κ3) is 3.19. The van der Waals surface area contributed by atoms with Gasteiger partial charge < -0.3 is 10.4 Å². The van der Waals surface area contributed by atoms with Crippen LogP contribution >= 0.6 is 11.3 Å². The molecule has 0 saturated carbocycles. The lowest BCUT2D eigenvalue weighted by Crippen LogP contribution is -2.22. The molecule has 0 aromatic carbocycles. The van der Waals surface area contributed by atoms with E-state index in [-0.39, 0.29) is 0 Å². The molecule has 5 heteroatoms. The fourth-order valence-corrected chi connectivity index (χ4v) is 2.64. The summed E-state index contributed by atoms with van der Waals surface area (Å²) in [7, 11) is 0. The number of aryl methyl sites for hydroxylation is 2. The first-order chi connectivity index (χ1) is 8.70. The van der Waals surface area contributed by atoms with Gasteiger partial charge in [-0.05, 0) is 42.3 Å². The maximum Gasteiger partial charge on any atom is 0.0922 e. The van der Waals surface area contributed by atoms with E-state index in [1.807, 2.05) is 28.4 Å². The number of aliphatic hydroxyl groups excluding tert-OH is 1. The molecule has 0 aliphatic heterocycles. The number of nitrogens with zero attached hydrogens (tertiary/aromatic N) is 2. The minimum atomic E-state index is -0.435. The zero-order chi connectivity index (χ0) is 13.0. The molecule has 0 spiro atoms. The first kappa shape index (κ1) is 13.3. The minimum Gasteiger partial charge on any atom is -0.387 e. The minimum absolute atomic E-state index is 0.435. The highest BCUT2D eigenvalue weighted by Gasteiger charge is 2.08. The molecule has 2 rings (SSSR count). The summed E-state index contributed by atoms with van der Waals surface area (Å²) in [5, 5.41) is 21.6. The van der Waals surface area contributed by atoms with Crippen LogP contribution in [0.25, 0.3) is 0 Å². The van der Waals surface area contributed by atoms with Gasteiger partial charge in [-0.3, -0.25) is 4.68 Å². The maximum atomic E-state index is 9.94. The Labute approximate surface area is 111 Å². The largest absolute Gasteiger partial charge is 0.387 e. The number of nitrogens with one attached hydrogen (secondary N) is 1. The van der Waals surface area contributed by atoms with Crippen molar-refractivity contribution in [3.8, 4) is 0 Å². The van der Waals surface area contributed by atoms with Crippen LogP contribution < -0.4 is 5.32 Å². The van der Waals surface area contributed by atoms with Crippen molar-refractivity contribution in [1.29, 1.82) is 0 Å². The molecule has 2 aromatic heterocycles. The van der Waals surface area contributed by atoms with Crippen LogP contribution in [0.2, 0.25) is 0 Å². The predicted octanol–water partition coefficient (Wildman–Crippen LogP) is 2.10. The van der Waals surface area contributed by atoms with Crippen LogP contribution in [-0.2, 0) is 13.1 Å². The van der Waals surface area contributed by atoms with Crippen molar-refractivity contribution < 1.29 is 5.11 Å². The van der Waals surface area contributed by atoms with Gasteiger partial charge in [-0.25, -0.2) is 0 Å². The van der Waals surface area contributed by atoms with Crippen molar-refractivity contribution in [2.45, 2.75) is 33.0 Å². The Morgan fingerprint density at radius 3 is 3.06 bits per heavy atom. The van der Waals surface area contributed by atoms with Crippen LogP contribution in [0.4, 0.5) is 0 Å². The van der Waals surface area contributed by atoms with Gasteiger partial charge in [0.25, 0.3) is 0 Å². The molecule has 18 heavy (non-hydrogen) atoms. The van der Waals surface area contributed by atoms with Gasteiger partial charge in [0.1, 0.15) is 0 Å². The molecule has 1 unspecified atom stereocenters. The highest BCUT2D eigenvalue weighted by Crippen LogP contribution is 2.15. The van der Waals surface area contributed by atoms with Gasteiger partial charge in [0, 0.05) is 19.6 Å². The summed E-state index contributed by atoms with van der Waals surface area (Å²) in [6, 6.07) is 4.03. The van der Waals surface area contributed by atoms with E-state index in [1.54, 1.807) is 11.3 Å². The van der Waals surface area contributed by atoms with E-state index < -0.39 is 6.10 Å². The zero-order valence-corrected chi connectivity index (χ0v) is 11.6. The summed E-state index contributed by atoms with van der Waals surface area (Å²) >= 11 is 1.61. The molecule has 2 heterocycles. The Morgan fingerprint density at radius 1 is 1.56 bits per heavy atom. The lowest BCUT2D eigenvalue weighted by Gasteiger charge is -2.11. The highest BCUT2D eigenvalue weighted by atomic mass is 32.1. The quantitative estimate of drug-likeness (QED) is 0.841. The molecular weight excluding hydrogens is 246 g/mol. The fraction of sp³-hybridized carbons (Fsp3) is 0.462. The van der Waals surface area contributed by atoms with Crippen molar-refractivity contribution >= 4 is 11.3 Å². The van der Waals surface area contributed by atoms with Crippen molar-refractivity contribution in [2.75, 3.05) is 6.54 Å². The van der Waals surface area contributed by atoms with Crippen LogP contribution in [0.15, 0.2) is 22.9 Å². The molecule has 0 aliphatic carbocycles. The van der Waals surface area contributed by atoms with Gasteiger partial charge in [-0.15, -0.1) is 0 Å². The zero-order valence-electron chi connectivity index (χ0n) is 10.8. The first-order valence-electron chi connectivity index (χ1n) is 6.15. The second-order valence-corrected chi connectivity index (χ2v) is 5.08. The van der Waals surface area contributed by atoms with Crippen LogP contribution in [0.3, 0.4) is 0 Å².